The summed E-state index contributed by atoms with van der Waals surface area (Å²) in [6, 6.07) is 14.0. The Morgan fingerprint density at radius 1 is 1.16 bits per heavy atom. The summed E-state index contributed by atoms with van der Waals surface area (Å²) in [5.41, 5.74) is 1.03. The molecule has 0 aliphatic carbocycles. The van der Waals surface area contributed by atoms with Gasteiger partial charge in [0, 0.05) is 0 Å². The average Bonchev–Trinajstić information content (AvgIpc) is 3.20. The summed E-state index contributed by atoms with van der Waals surface area (Å²) in [6.07, 6.45) is 3.77. The first kappa shape index (κ1) is 15.5. The van der Waals surface area contributed by atoms with E-state index in [-0.39, 0.29) is 22.6 Å². The van der Waals surface area contributed by atoms with Gasteiger partial charge in [-0.1, -0.05) is 54.1 Å². The van der Waals surface area contributed by atoms with Crippen LogP contribution in [0, 0.1) is 5.82 Å². The molecule has 0 saturated carbocycles. The number of hydrogen-bond donors (Lipinski definition) is 1. The molecule has 2 aromatic carbocycles. The zero-order valence-electron chi connectivity index (χ0n) is 12.9. The van der Waals surface area contributed by atoms with Crippen molar-refractivity contribution in [1.29, 1.82) is 0 Å². The lowest BCUT2D eigenvalue weighted by Gasteiger charge is -2.10. The fraction of sp³-hybridized carbons (Fsp3) is 0.0556. The normalized spacial score (nSPS) is 15.2. The lowest BCUT2D eigenvalue weighted by molar-refractivity contribution is 0.101. The first-order valence-corrected chi connectivity index (χ1v) is 7.96. The molecule has 1 unspecified atom stereocenters. The van der Waals surface area contributed by atoms with Crippen molar-refractivity contribution in [2.45, 2.75) is 6.04 Å². The Bertz CT molecular complexity index is 984. The summed E-state index contributed by atoms with van der Waals surface area (Å²) in [6.45, 7) is 0. The van der Waals surface area contributed by atoms with E-state index in [4.69, 9.17) is 11.6 Å². The molecule has 1 amide bonds. The van der Waals surface area contributed by atoms with Crippen molar-refractivity contribution in [3.63, 3.8) is 0 Å². The van der Waals surface area contributed by atoms with Crippen LogP contribution < -0.4 is 5.32 Å². The van der Waals surface area contributed by atoms with E-state index in [1.807, 2.05) is 36.4 Å². The highest BCUT2D eigenvalue weighted by molar-refractivity contribution is 6.31. The molecule has 4 rings (SSSR count). The van der Waals surface area contributed by atoms with Gasteiger partial charge in [-0.25, -0.2) is 14.1 Å². The predicted molar refractivity (Wildman–Crippen MR) is 93.0 cm³/mol. The first-order valence-electron chi connectivity index (χ1n) is 7.58. The van der Waals surface area contributed by atoms with Crippen LogP contribution in [0.4, 0.5) is 10.1 Å². The maximum absolute atomic E-state index is 13.9. The molecule has 5 nitrogen and oxygen atoms in total. The molecule has 2 heterocycles. The van der Waals surface area contributed by atoms with Crippen molar-refractivity contribution >= 4 is 29.3 Å². The summed E-state index contributed by atoms with van der Waals surface area (Å²) in [5.74, 6) is -0.736. The molecule has 1 atom stereocenters. The standard InChI is InChI=1S/C18H12ClFN4O/c19-12-7-4-8-13(16(12)20)21-18(25)17-22-15-10-9-14(24(15)23-17)11-5-2-1-3-6-11/h1-10,14H,(H,21,25). The van der Waals surface area contributed by atoms with Crippen molar-refractivity contribution in [2.75, 3.05) is 5.32 Å². The number of allylic oxidation sites excluding steroid dienone is 1. The van der Waals surface area contributed by atoms with E-state index in [0.717, 1.165) is 5.56 Å². The second-order valence-corrected chi connectivity index (χ2v) is 5.92. The average molecular weight is 355 g/mol. The third kappa shape index (κ3) is 2.81. The minimum atomic E-state index is -0.689. The number of carbonyl (C=O) groups is 1. The van der Waals surface area contributed by atoms with Gasteiger partial charge in [0.25, 0.3) is 5.91 Å². The van der Waals surface area contributed by atoms with Crippen LogP contribution in [0.3, 0.4) is 0 Å². The van der Waals surface area contributed by atoms with Crippen molar-refractivity contribution in [3.05, 3.63) is 82.7 Å². The Morgan fingerprint density at radius 2 is 1.96 bits per heavy atom. The summed E-state index contributed by atoms with van der Waals surface area (Å²) in [7, 11) is 0. The zero-order chi connectivity index (χ0) is 17.4. The molecule has 124 valence electrons. The number of aromatic nitrogens is 3. The van der Waals surface area contributed by atoms with Gasteiger partial charge in [-0.15, -0.1) is 5.10 Å². The van der Waals surface area contributed by atoms with Gasteiger partial charge in [0.1, 0.15) is 0 Å². The minimum Gasteiger partial charge on any atom is -0.317 e. The Kier molecular flexibility index (Phi) is 3.82. The fourth-order valence-corrected chi connectivity index (χ4v) is 2.86. The maximum atomic E-state index is 13.9. The molecule has 25 heavy (non-hydrogen) atoms. The van der Waals surface area contributed by atoms with Gasteiger partial charge in [0.15, 0.2) is 11.6 Å². The number of rotatable bonds is 3. The van der Waals surface area contributed by atoms with Crippen molar-refractivity contribution in [2.24, 2.45) is 0 Å². The fourth-order valence-electron chi connectivity index (χ4n) is 2.69. The van der Waals surface area contributed by atoms with E-state index in [1.54, 1.807) is 16.8 Å². The second kappa shape index (κ2) is 6.14. The van der Waals surface area contributed by atoms with Gasteiger partial charge in [0.2, 0.25) is 5.82 Å². The van der Waals surface area contributed by atoms with Crippen LogP contribution >= 0.6 is 11.6 Å². The molecular formula is C18H12ClFN4O. The minimum absolute atomic E-state index is 0.0115. The lowest BCUT2D eigenvalue weighted by Crippen LogP contribution is -2.16. The second-order valence-electron chi connectivity index (χ2n) is 5.51. The van der Waals surface area contributed by atoms with E-state index in [9.17, 15) is 9.18 Å². The van der Waals surface area contributed by atoms with Crippen molar-refractivity contribution < 1.29 is 9.18 Å². The third-order valence-corrected chi connectivity index (χ3v) is 4.18. The largest absolute Gasteiger partial charge is 0.317 e. The molecule has 7 heteroatoms. The summed E-state index contributed by atoms with van der Waals surface area (Å²) in [4.78, 5) is 16.6. The van der Waals surface area contributed by atoms with Gasteiger partial charge in [-0.05, 0) is 23.8 Å². The molecule has 0 fully saturated rings. The number of carbonyl (C=O) groups excluding carboxylic acids is 1. The van der Waals surface area contributed by atoms with E-state index >= 15 is 0 Å². The summed E-state index contributed by atoms with van der Waals surface area (Å²) in [5, 5.41) is 6.66. The SMILES string of the molecule is O=C(Nc1cccc(Cl)c1F)c1nc2n(n1)C(c1ccccc1)C=C2. The number of nitrogens with one attached hydrogen (secondary N) is 1. The molecule has 0 saturated heterocycles. The van der Waals surface area contributed by atoms with Gasteiger partial charge in [0.05, 0.1) is 16.8 Å². The van der Waals surface area contributed by atoms with Crippen LogP contribution in [-0.4, -0.2) is 20.7 Å². The number of anilines is 1. The lowest BCUT2D eigenvalue weighted by atomic mass is 10.1. The molecule has 1 N–H and O–H groups in total. The molecule has 0 radical (unpaired) electrons. The molecule has 0 spiro atoms. The van der Waals surface area contributed by atoms with E-state index in [0.29, 0.717) is 5.82 Å². The van der Waals surface area contributed by atoms with Crippen molar-refractivity contribution in [3.8, 4) is 0 Å². The number of halogens is 2. The molecule has 1 aliphatic heterocycles. The van der Waals surface area contributed by atoms with Gasteiger partial charge >= 0.3 is 0 Å². The van der Waals surface area contributed by atoms with Crippen LogP contribution in [0.1, 0.15) is 28.0 Å². The van der Waals surface area contributed by atoms with Gasteiger partial charge in [-0.2, -0.15) is 0 Å². The Labute approximate surface area is 147 Å². The van der Waals surface area contributed by atoms with Crippen molar-refractivity contribution in [1.82, 2.24) is 14.8 Å². The number of nitrogens with zero attached hydrogens (tertiary/aromatic N) is 3. The zero-order valence-corrected chi connectivity index (χ0v) is 13.6. The monoisotopic (exact) mass is 354 g/mol. The van der Waals surface area contributed by atoms with Crippen LogP contribution in [-0.2, 0) is 0 Å². The van der Waals surface area contributed by atoms with E-state index in [1.165, 1.54) is 12.1 Å². The highest BCUT2D eigenvalue weighted by atomic mass is 35.5. The molecule has 1 aromatic heterocycles. The van der Waals surface area contributed by atoms with Crippen LogP contribution in [0.5, 0.6) is 0 Å². The predicted octanol–water partition coefficient (Wildman–Crippen LogP) is 3.94. The third-order valence-electron chi connectivity index (χ3n) is 3.89. The van der Waals surface area contributed by atoms with Gasteiger partial charge in [-0.3, -0.25) is 4.79 Å². The number of amides is 1. The summed E-state index contributed by atoms with van der Waals surface area (Å²) < 4.78 is 15.6. The Hall–Kier alpha value is -2.99. The number of fused-ring (bicyclic) bond motifs is 1. The quantitative estimate of drug-likeness (QED) is 0.775. The maximum Gasteiger partial charge on any atom is 0.295 e. The molecule has 3 aromatic rings. The number of benzene rings is 2. The Balaban J connectivity index is 1.60. The van der Waals surface area contributed by atoms with Crippen LogP contribution in [0.15, 0.2) is 54.6 Å². The van der Waals surface area contributed by atoms with Crippen LogP contribution in [0.25, 0.3) is 6.08 Å². The smallest absolute Gasteiger partial charge is 0.295 e. The first-order chi connectivity index (χ1) is 12.1. The van der Waals surface area contributed by atoms with E-state index < -0.39 is 11.7 Å². The molecule has 0 bridgehead atoms. The number of hydrogen-bond acceptors (Lipinski definition) is 3. The molecular weight excluding hydrogens is 343 g/mol. The Morgan fingerprint density at radius 3 is 2.76 bits per heavy atom. The van der Waals surface area contributed by atoms with E-state index in [2.05, 4.69) is 15.4 Å². The highest BCUT2D eigenvalue weighted by Crippen LogP contribution is 2.27. The molecule has 1 aliphatic rings. The van der Waals surface area contributed by atoms with Gasteiger partial charge < -0.3 is 5.32 Å². The highest BCUT2D eigenvalue weighted by Gasteiger charge is 2.25. The van der Waals surface area contributed by atoms with Crippen LogP contribution in [0.2, 0.25) is 5.02 Å². The summed E-state index contributed by atoms with van der Waals surface area (Å²) >= 11 is 5.72. The topological polar surface area (TPSA) is 59.8 Å².